The second kappa shape index (κ2) is 15.4. The predicted octanol–water partition coefficient (Wildman–Crippen LogP) is 6.31. The van der Waals surface area contributed by atoms with Gasteiger partial charge in [-0.2, -0.15) is 11.8 Å². The lowest BCUT2D eigenvalue weighted by molar-refractivity contribution is -0.149. The predicted molar refractivity (Wildman–Crippen MR) is 159 cm³/mol. The Labute approximate surface area is 235 Å². The van der Waals surface area contributed by atoms with Gasteiger partial charge in [0.1, 0.15) is 17.7 Å². The average Bonchev–Trinajstić information content (AvgIpc) is 2.81. The van der Waals surface area contributed by atoms with E-state index in [1.165, 1.54) is 0 Å². The Morgan fingerprint density at radius 2 is 1.71 bits per heavy atom. The van der Waals surface area contributed by atoms with Crippen molar-refractivity contribution in [3.05, 3.63) is 34.9 Å². The molecule has 7 nitrogen and oxygen atoms in total. The summed E-state index contributed by atoms with van der Waals surface area (Å²) in [6.45, 7) is 18.0. The largest absolute Gasteiger partial charge is 0.444 e. The Bertz CT molecular complexity index is 927. The van der Waals surface area contributed by atoms with E-state index in [4.69, 9.17) is 4.74 Å². The third-order valence-corrected chi connectivity index (χ3v) is 7.30. The number of rotatable bonds is 14. The van der Waals surface area contributed by atoms with E-state index in [2.05, 4.69) is 17.6 Å². The molecule has 2 N–H and O–H groups in total. The second-order valence-electron chi connectivity index (χ2n) is 11.6. The lowest BCUT2D eigenvalue weighted by Crippen LogP contribution is -2.59. The summed E-state index contributed by atoms with van der Waals surface area (Å²) >= 11 is 1.60. The van der Waals surface area contributed by atoms with Gasteiger partial charge in [-0.25, -0.2) is 4.79 Å². The normalized spacial score (nSPS) is 13.4. The Kier molecular flexibility index (Phi) is 13.7. The molecule has 0 spiro atoms. The number of nitrogens with zero attached hydrogens (tertiary/aromatic N) is 1. The van der Waals surface area contributed by atoms with Gasteiger partial charge in [-0.3, -0.25) is 9.59 Å². The highest BCUT2D eigenvalue weighted by molar-refractivity contribution is 7.98. The van der Waals surface area contributed by atoms with Gasteiger partial charge in [0.25, 0.3) is 0 Å². The zero-order chi connectivity index (χ0) is 29.1. The number of carbonyl (C=O) groups is 3. The number of nitrogens with one attached hydrogen (secondary N) is 2. The first kappa shape index (κ1) is 33.8. The average molecular weight is 550 g/mol. The maximum absolute atomic E-state index is 14.4. The highest BCUT2D eigenvalue weighted by Crippen LogP contribution is 2.34. The summed E-state index contributed by atoms with van der Waals surface area (Å²) in [7, 11) is 0. The number of carbonyl (C=O) groups excluding carboxylic acids is 3. The number of benzene rings is 1. The van der Waals surface area contributed by atoms with Crippen molar-refractivity contribution < 1.29 is 19.1 Å². The number of amides is 3. The number of ether oxygens (including phenoxy) is 1. The Balaban J connectivity index is 3.61. The van der Waals surface area contributed by atoms with Crippen molar-refractivity contribution in [3.8, 4) is 0 Å². The van der Waals surface area contributed by atoms with Crippen molar-refractivity contribution in [2.45, 2.75) is 118 Å². The zero-order valence-corrected chi connectivity index (χ0v) is 26.1. The molecule has 1 rings (SSSR count). The topological polar surface area (TPSA) is 87.7 Å². The maximum atomic E-state index is 14.4. The molecule has 0 aliphatic heterocycles. The molecule has 0 heterocycles. The minimum absolute atomic E-state index is 0.205. The molecule has 0 aromatic heterocycles. The molecule has 2 atom stereocenters. The van der Waals surface area contributed by atoms with Crippen LogP contribution in [-0.2, 0) is 14.3 Å². The molecule has 0 bridgehead atoms. The molecule has 0 aliphatic carbocycles. The van der Waals surface area contributed by atoms with Gasteiger partial charge in [0.15, 0.2) is 0 Å². The van der Waals surface area contributed by atoms with Gasteiger partial charge in [0, 0.05) is 12.1 Å². The lowest BCUT2D eigenvalue weighted by Gasteiger charge is -2.45. The van der Waals surface area contributed by atoms with E-state index in [-0.39, 0.29) is 11.8 Å². The van der Waals surface area contributed by atoms with E-state index in [0.29, 0.717) is 25.1 Å². The van der Waals surface area contributed by atoms with Gasteiger partial charge in [0.2, 0.25) is 11.8 Å². The molecule has 1 aromatic carbocycles. The lowest BCUT2D eigenvalue weighted by atomic mass is 9.89. The van der Waals surface area contributed by atoms with Crippen LogP contribution in [0.3, 0.4) is 0 Å². The fraction of sp³-hybridized carbons (Fsp3) is 0.700. The standard InChI is InChI=1S/C30H51N3O4S/c1-11-13-14-18-31-26(34)25(23-16-15-21(3)20-22(23)4)33(30(8,9)12-2)27(35)24(17-19-38-10)32-28(36)37-29(5,6)7/h15-16,20,24-25H,11-14,17-19H2,1-10H3,(H,31,34)(H,32,36). The number of thioether (sulfide) groups is 1. The van der Waals surface area contributed by atoms with Gasteiger partial charge in [-0.15, -0.1) is 0 Å². The summed E-state index contributed by atoms with van der Waals surface area (Å²) in [5.41, 5.74) is 1.47. The minimum Gasteiger partial charge on any atom is -0.444 e. The Hall–Kier alpha value is -2.22. The van der Waals surface area contributed by atoms with Crippen molar-refractivity contribution >= 4 is 29.7 Å². The van der Waals surface area contributed by atoms with Crippen LogP contribution in [0.25, 0.3) is 0 Å². The van der Waals surface area contributed by atoms with E-state index < -0.39 is 29.3 Å². The zero-order valence-electron chi connectivity index (χ0n) is 25.3. The van der Waals surface area contributed by atoms with Crippen LogP contribution in [-0.4, -0.2) is 58.5 Å². The van der Waals surface area contributed by atoms with Crippen LogP contribution < -0.4 is 10.6 Å². The van der Waals surface area contributed by atoms with Crippen molar-refractivity contribution in [2.75, 3.05) is 18.6 Å². The number of hydrogen-bond donors (Lipinski definition) is 2. The fourth-order valence-electron chi connectivity index (χ4n) is 4.27. The Morgan fingerprint density at radius 1 is 1.05 bits per heavy atom. The molecule has 8 heteroatoms. The third-order valence-electron chi connectivity index (χ3n) is 6.66. The molecular formula is C30H51N3O4S. The van der Waals surface area contributed by atoms with Gasteiger partial charge < -0.3 is 20.3 Å². The van der Waals surface area contributed by atoms with E-state index in [1.54, 1.807) is 37.4 Å². The molecular weight excluding hydrogens is 498 g/mol. The summed E-state index contributed by atoms with van der Waals surface area (Å²) < 4.78 is 5.48. The van der Waals surface area contributed by atoms with Crippen molar-refractivity contribution in [1.29, 1.82) is 0 Å². The van der Waals surface area contributed by atoms with Gasteiger partial charge >= 0.3 is 6.09 Å². The summed E-state index contributed by atoms with van der Waals surface area (Å²) in [6, 6.07) is 4.30. The molecule has 1 aromatic rings. The summed E-state index contributed by atoms with van der Waals surface area (Å²) in [5.74, 6) is 0.179. The smallest absolute Gasteiger partial charge is 0.408 e. The molecule has 0 aliphatic rings. The first-order valence-electron chi connectivity index (χ1n) is 13.8. The van der Waals surface area contributed by atoms with E-state index in [1.807, 2.05) is 59.1 Å². The second-order valence-corrected chi connectivity index (χ2v) is 12.6. The third kappa shape index (κ3) is 10.5. The van der Waals surface area contributed by atoms with Crippen LogP contribution in [0, 0.1) is 13.8 Å². The van der Waals surface area contributed by atoms with Crippen molar-refractivity contribution in [2.24, 2.45) is 0 Å². The molecule has 0 saturated carbocycles. The molecule has 216 valence electrons. The minimum atomic E-state index is -0.836. The van der Waals surface area contributed by atoms with Crippen LogP contribution in [0.1, 0.15) is 103 Å². The van der Waals surface area contributed by atoms with Crippen molar-refractivity contribution in [1.82, 2.24) is 15.5 Å². The number of aryl methyl sites for hydroxylation is 2. The maximum Gasteiger partial charge on any atom is 0.408 e. The van der Waals surface area contributed by atoms with Gasteiger partial charge in [-0.05, 0) is 90.9 Å². The van der Waals surface area contributed by atoms with E-state index in [9.17, 15) is 14.4 Å². The number of alkyl carbamates (subject to hydrolysis) is 1. The fourth-order valence-corrected chi connectivity index (χ4v) is 4.74. The molecule has 3 amide bonds. The van der Waals surface area contributed by atoms with E-state index in [0.717, 1.165) is 36.0 Å². The van der Waals surface area contributed by atoms with Gasteiger partial charge in [-0.1, -0.05) is 50.5 Å². The highest BCUT2D eigenvalue weighted by Gasteiger charge is 2.43. The summed E-state index contributed by atoms with van der Waals surface area (Å²) in [6.07, 6.45) is 5.33. The number of unbranched alkanes of at least 4 members (excludes halogenated alkanes) is 2. The van der Waals surface area contributed by atoms with Crippen LogP contribution in [0.4, 0.5) is 4.79 Å². The molecule has 38 heavy (non-hydrogen) atoms. The first-order chi connectivity index (χ1) is 17.7. The first-order valence-corrected chi connectivity index (χ1v) is 15.2. The Morgan fingerprint density at radius 3 is 2.24 bits per heavy atom. The summed E-state index contributed by atoms with van der Waals surface area (Å²) in [5, 5.41) is 5.91. The van der Waals surface area contributed by atoms with Crippen LogP contribution >= 0.6 is 11.8 Å². The molecule has 0 saturated heterocycles. The molecule has 0 radical (unpaired) electrons. The van der Waals surface area contributed by atoms with Gasteiger partial charge in [0.05, 0.1) is 0 Å². The van der Waals surface area contributed by atoms with Crippen LogP contribution in [0.15, 0.2) is 18.2 Å². The SMILES string of the molecule is CCCCCNC(=O)C(c1ccc(C)cc1C)N(C(=O)C(CCSC)NC(=O)OC(C)(C)C)C(C)(C)CC. The molecule has 2 unspecified atom stereocenters. The van der Waals surface area contributed by atoms with E-state index >= 15 is 0 Å². The summed E-state index contributed by atoms with van der Waals surface area (Å²) in [4.78, 5) is 42.7. The van der Waals surface area contributed by atoms with Crippen molar-refractivity contribution in [3.63, 3.8) is 0 Å². The highest BCUT2D eigenvalue weighted by atomic mass is 32.2. The quantitative estimate of drug-likeness (QED) is 0.265. The van der Waals surface area contributed by atoms with Crippen LogP contribution in [0.2, 0.25) is 0 Å². The molecule has 0 fully saturated rings. The number of hydrogen-bond acceptors (Lipinski definition) is 5. The monoisotopic (exact) mass is 549 g/mol. The van der Waals surface area contributed by atoms with Crippen LogP contribution in [0.5, 0.6) is 0 Å².